The smallest absolute Gasteiger partial charge is 0.276 e. The first kappa shape index (κ1) is 14.9. The first-order chi connectivity index (χ1) is 12.3. The molecule has 5 rings (SSSR count). The molecule has 1 amide bonds. The van der Waals surface area contributed by atoms with Gasteiger partial charge in [-0.1, -0.05) is 23.4 Å². The molecule has 0 radical (unpaired) electrons. The Morgan fingerprint density at radius 1 is 1.20 bits per heavy atom. The van der Waals surface area contributed by atoms with Crippen molar-refractivity contribution in [3.8, 4) is 0 Å². The summed E-state index contributed by atoms with van der Waals surface area (Å²) in [6, 6.07) is 9.00. The van der Waals surface area contributed by atoms with Crippen molar-refractivity contribution in [3.63, 3.8) is 0 Å². The highest BCUT2D eigenvalue weighted by Gasteiger charge is 2.34. The van der Waals surface area contributed by atoms with Crippen LogP contribution in [0.15, 0.2) is 30.5 Å². The second-order valence-corrected chi connectivity index (χ2v) is 7.55. The van der Waals surface area contributed by atoms with Crippen LogP contribution in [0, 0.1) is 5.92 Å². The van der Waals surface area contributed by atoms with Gasteiger partial charge < -0.3 is 9.80 Å². The molecule has 1 unspecified atom stereocenters. The minimum atomic E-state index is 0.0276. The Hall–Kier alpha value is -2.37. The van der Waals surface area contributed by atoms with Crippen molar-refractivity contribution >= 4 is 11.6 Å². The summed E-state index contributed by atoms with van der Waals surface area (Å²) in [7, 11) is 0. The SMILES string of the molecule is O=C(c1cn(CC2CC2)nn1)N1CCCN2c3ccccc3CC2C1. The van der Waals surface area contributed by atoms with E-state index in [1.807, 2.05) is 15.8 Å². The molecule has 6 heteroatoms. The maximum Gasteiger partial charge on any atom is 0.276 e. The lowest BCUT2D eigenvalue weighted by Crippen LogP contribution is -2.41. The Balaban J connectivity index is 1.31. The van der Waals surface area contributed by atoms with Crippen LogP contribution >= 0.6 is 0 Å². The molecule has 2 aromatic rings. The van der Waals surface area contributed by atoms with E-state index in [9.17, 15) is 4.79 Å². The normalized spacial score (nSPS) is 22.5. The molecule has 1 aliphatic carbocycles. The van der Waals surface area contributed by atoms with E-state index < -0.39 is 0 Å². The van der Waals surface area contributed by atoms with Crippen molar-refractivity contribution in [3.05, 3.63) is 41.7 Å². The fraction of sp³-hybridized carbons (Fsp3) is 0.526. The van der Waals surface area contributed by atoms with E-state index in [2.05, 4.69) is 39.5 Å². The maximum absolute atomic E-state index is 12.9. The van der Waals surface area contributed by atoms with Gasteiger partial charge in [-0.3, -0.25) is 9.48 Å². The van der Waals surface area contributed by atoms with Gasteiger partial charge >= 0.3 is 0 Å². The quantitative estimate of drug-likeness (QED) is 0.859. The Bertz CT molecular complexity index is 797. The number of nitrogens with zero attached hydrogens (tertiary/aromatic N) is 5. The molecule has 6 nitrogen and oxygen atoms in total. The van der Waals surface area contributed by atoms with Gasteiger partial charge in [-0.2, -0.15) is 0 Å². The van der Waals surface area contributed by atoms with Crippen molar-refractivity contribution in [2.45, 2.75) is 38.3 Å². The number of amides is 1. The monoisotopic (exact) mass is 337 g/mol. The molecular weight excluding hydrogens is 314 g/mol. The molecule has 2 aliphatic heterocycles. The number of aromatic nitrogens is 3. The van der Waals surface area contributed by atoms with Gasteiger partial charge in [0.25, 0.3) is 5.91 Å². The predicted octanol–water partition coefficient (Wildman–Crippen LogP) is 1.97. The van der Waals surface area contributed by atoms with Crippen molar-refractivity contribution in [2.75, 3.05) is 24.5 Å². The van der Waals surface area contributed by atoms with E-state index in [1.54, 1.807) is 0 Å². The van der Waals surface area contributed by atoms with Crippen molar-refractivity contribution in [1.29, 1.82) is 0 Å². The lowest BCUT2D eigenvalue weighted by atomic mass is 10.1. The summed E-state index contributed by atoms with van der Waals surface area (Å²) in [4.78, 5) is 17.4. The topological polar surface area (TPSA) is 54.3 Å². The van der Waals surface area contributed by atoms with E-state index in [4.69, 9.17) is 0 Å². The first-order valence-corrected chi connectivity index (χ1v) is 9.32. The highest BCUT2D eigenvalue weighted by atomic mass is 16.2. The zero-order chi connectivity index (χ0) is 16.8. The number of benzene rings is 1. The van der Waals surface area contributed by atoms with Gasteiger partial charge in [0.15, 0.2) is 5.69 Å². The summed E-state index contributed by atoms with van der Waals surface area (Å²) >= 11 is 0. The standard InChI is InChI=1S/C19H23N5O/c25-19(17-13-23(21-20-17)11-14-6-7-14)22-8-3-9-24-16(12-22)10-15-4-1-2-5-18(15)24/h1-2,4-5,13-14,16H,3,6-12H2. The van der Waals surface area contributed by atoms with E-state index in [1.165, 1.54) is 24.1 Å². The second kappa shape index (κ2) is 5.86. The largest absolute Gasteiger partial charge is 0.366 e. The first-order valence-electron chi connectivity index (χ1n) is 9.32. The van der Waals surface area contributed by atoms with Gasteiger partial charge in [0.05, 0.1) is 12.2 Å². The van der Waals surface area contributed by atoms with E-state index in [-0.39, 0.29) is 5.91 Å². The molecule has 3 aliphatic rings. The summed E-state index contributed by atoms with van der Waals surface area (Å²) in [5, 5.41) is 8.28. The zero-order valence-electron chi connectivity index (χ0n) is 14.3. The molecule has 1 saturated heterocycles. The second-order valence-electron chi connectivity index (χ2n) is 7.55. The van der Waals surface area contributed by atoms with Crippen molar-refractivity contribution in [1.82, 2.24) is 19.9 Å². The Labute approximate surface area is 147 Å². The van der Waals surface area contributed by atoms with Crippen LogP contribution in [-0.2, 0) is 13.0 Å². The maximum atomic E-state index is 12.9. The average molecular weight is 337 g/mol. The van der Waals surface area contributed by atoms with Crippen LogP contribution in [0.2, 0.25) is 0 Å². The van der Waals surface area contributed by atoms with Crippen LogP contribution < -0.4 is 4.90 Å². The number of carbonyl (C=O) groups is 1. The number of fused-ring (bicyclic) bond motifs is 3. The third kappa shape index (κ3) is 2.79. The molecule has 0 N–H and O–H groups in total. The summed E-state index contributed by atoms with van der Waals surface area (Å²) < 4.78 is 1.83. The minimum absolute atomic E-state index is 0.0276. The van der Waals surface area contributed by atoms with Crippen molar-refractivity contribution < 1.29 is 4.79 Å². The van der Waals surface area contributed by atoms with Crippen LogP contribution in [-0.4, -0.2) is 51.5 Å². The molecule has 0 spiro atoms. The van der Waals surface area contributed by atoms with E-state index in [0.717, 1.165) is 44.9 Å². The average Bonchev–Trinajstić information content (AvgIpc) is 3.26. The number of rotatable bonds is 3. The molecule has 0 bridgehead atoms. The summed E-state index contributed by atoms with van der Waals surface area (Å²) in [5.74, 6) is 0.758. The van der Waals surface area contributed by atoms with Gasteiger partial charge in [0.2, 0.25) is 0 Å². The van der Waals surface area contributed by atoms with E-state index >= 15 is 0 Å². The van der Waals surface area contributed by atoms with Crippen LogP contribution in [0.25, 0.3) is 0 Å². The Morgan fingerprint density at radius 3 is 2.96 bits per heavy atom. The lowest BCUT2D eigenvalue weighted by molar-refractivity contribution is 0.0749. The molecular formula is C19H23N5O. The van der Waals surface area contributed by atoms with Crippen molar-refractivity contribution in [2.24, 2.45) is 5.92 Å². The lowest BCUT2D eigenvalue weighted by Gasteiger charge is -2.27. The number of hydrogen-bond donors (Lipinski definition) is 0. The molecule has 3 heterocycles. The van der Waals surface area contributed by atoms with Gasteiger partial charge in [0.1, 0.15) is 0 Å². The fourth-order valence-corrected chi connectivity index (χ4v) is 4.17. The summed E-state index contributed by atoms with van der Waals surface area (Å²) in [6.07, 6.45) is 6.38. The fourth-order valence-electron chi connectivity index (χ4n) is 4.17. The van der Waals surface area contributed by atoms with Crippen LogP contribution in [0.1, 0.15) is 35.3 Å². The summed E-state index contributed by atoms with van der Waals surface area (Å²) in [6.45, 7) is 3.47. The number of hydrogen-bond acceptors (Lipinski definition) is 4. The minimum Gasteiger partial charge on any atom is -0.366 e. The number of para-hydroxylation sites is 1. The van der Waals surface area contributed by atoms with Gasteiger partial charge in [0, 0.05) is 31.9 Å². The Morgan fingerprint density at radius 2 is 2.08 bits per heavy atom. The van der Waals surface area contributed by atoms with Crippen LogP contribution in [0.3, 0.4) is 0 Å². The molecule has 1 saturated carbocycles. The molecule has 130 valence electrons. The molecule has 1 atom stereocenters. The van der Waals surface area contributed by atoms with Gasteiger partial charge in [-0.15, -0.1) is 5.10 Å². The Kier molecular flexibility index (Phi) is 3.50. The van der Waals surface area contributed by atoms with Crippen LogP contribution in [0.5, 0.6) is 0 Å². The molecule has 1 aromatic carbocycles. The van der Waals surface area contributed by atoms with Crippen LogP contribution in [0.4, 0.5) is 5.69 Å². The van der Waals surface area contributed by atoms with E-state index in [0.29, 0.717) is 11.7 Å². The van der Waals surface area contributed by atoms with Gasteiger partial charge in [-0.25, -0.2) is 0 Å². The molecule has 1 aromatic heterocycles. The summed E-state index contributed by atoms with van der Waals surface area (Å²) in [5.41, 5.74) is 3.24. The predicted molar refractivity (Wildman–Crippen MR) is 94.5 cm³/mol. The molecule has 2 fully saturated rings. The van der Waals surface area contributed by atoms with Gasteiger partial charge in [-0.05, 0) is 43.2 Å². The third-order valence-corrected chi connectivity index (χ3v) is 5.64. The molecule has 25 heavy (non-hydrogen) atoms. The number of anilines is 1. The highest BCUT2D eigenvalue weighted by Crippen LogP contribution is 2.34. The third-order valence-electron chi connectivity index (χ3n) is 5.64. The number of carbonyl (C=O) groups excluding carboxylic acids is 1. The highest BCUT2D eigenvalue weighted by molar-refractivity contribution is 5.92. The zero-order valence-corrected chi connectivity index (χ0v) is 14.3.